The van der Waals surface area contributed by atoms with E-state index in [1.807, 2.05) is 37.8 Å². The first-order chi connectivity index (χ1) is 10.9. The van der Waals surface area contributed by atoms with Crippen molar-refractivity contribution in [3.8, 4) is 0 Å². The second-order valence-electron chi connectivity index (χ2n) is 6.98. The first-order valence-electron chi connectivity index (χ1n) is 7.82. The second-order valence-corrected chi connectivity index (χ2v) is 6.98. The number of fused-ring (bicyclic) bond motifs is 1. The normalized spacial score (nSPS) is 16.2. The van der Waals surface area contributed by atoms with Gasteiger partial charge in [0.15, 0.2) is 5.65 Å². The molecule has 1 atom stereocenters. The van der Waals surface area contributed by atoms with E-state index in [2.05, 4.69) is 20.2 Å². The molecule has 0 unspecified atom stereocenters. The molecule has 0 aromatic carbocycles. The van der Waals surface area contributed by atoms with Gasteiger partial charge in [0.25, 0.3) is 0 Å². The predicted molar refractivity (Wildman–Crippen MR) is 102 cm³/mol. The van der Waals surface area contributed by atoms with Gasteiger partial charge in [0.1, 0.15) is 12.1 Å². The van der Waals surface area contributed by atoms with Gasteiger partial charge in [0, 0.05) is 26.2 Å². The van der Waals surface area contributed by atoms with E-state index in [0.29, 0.717) is 13.1 Å². The van der Waals surface area contributed by atoms with E-state index in [1.54, 1.807) is 10.8 Å². The third-order valence-electron chi connectivity index (χ3n) is 4.26. The zero-order chi connectivity index (χ0) is 16.6. The van der Waals surface area contributed by atoms with Crippen molar-refractivity contribution < 1.29 is 4.79 Å². The summed E-state index contributed by atoms with van der Waals surface area (Å²) in [5.74, 6) is 0.892. The van der Waals surface area contributed by atoms with Crippen LogP contribution in [0.4, 0.5) is 5.82 Å². The number of aromatic nitrogens is 4. The fourth-order valence-corrected chi connectivity index (χ4v) is 2.61. The summed E-state index contributed by atoms with van der Waals surface area (Å²) in [7, 11) is 0. The van der Waals surface area contributed by atoms with Crippen LogP contribution in [-0.2, 0) is 4.79 Å². The number of nitrogens with two attached hydrogens (primary N) is 1. The highest BCUT2D eigenvalue weighted by Gasteiger charge is 2.32. The second kappa shape index (κ2) is 8.16. The zero-order valence-corrected chi connectivity index (χ0v) is 16.3. The molecule has 1 amide bonds. The van der Waals surface area contributed by atoms with Crippen LogP contribution in [0.3, 0.4) is 0 Å². The Labute approximate surface area is 159 Å². The maximum atomic E-state index is 12.5. The Hall–Kier alpha value is -1.64. The number of carbonyl (C=O) groups is 1. The molecule has 2 N–H and O–H groups in total. The fraction of sp³-hybridized carbons (Fsp3) is 0.600. The number of carbonyl (C=O) groups excluding carboxylic acids is 1. The molecule has 1 aliphatic heterocycles. The molecule has 140 valence electrons. The molecule has 0 aliphatic carbocycles. The van der Waals surface area contributed by atoms with E-state index >= 15 is 0 Å². The summed E-state index contributed by atoms with van der Waals surface area (Å²) in [6.45, 7) is 8.76. The molecule has 3 rings (SSSR count). The molecule has 8 nitrogen and oxygen atoms in total. The number of nitrogens with zero attached hydrogens (tertiary/aromatic N) is 6. The lowest BCUT2D eigenvalue weighted by Crippen LogP contribution is -2.56. The molecular weight excluding hydrogens is 365 g/mol. The van der Waals surface area contributed by atoms with Crippen LogP contribution in [0.1, 0.15) is 20.8 Å². The number of piperazine rings is 1. The van der Waals surface area contributed by atoms with Crippen molar-refractivity contribution >= 4 is 42.2 Å². The average Bonchev–Trinajstić information content (AvgIpc) is 3.00. The zero-order valence-electron chi connectivity index (χ0n) is 14.6. The van der Waals surface area contributed by atoms with Crippen LogP contribution in [0.15, 0.2) is 18.5 Å². The van der Waals surface area contributed by atoms with Gasteiger partial charge in [-0.15, -0.1) is 40.1 Å². The maximum Gasteiger partial charge on any atom is 0.240 e. The van der Waals surface area contributed by atoms with Crippen molar-refractivity contribution in [2.24, 2.45) is 11.1 Å². The molecule has 25 heavy (non-hydrogen) atoms. The van der Waals surface area contributed by atoms with Crippen molar-refractivity contribution in [3.63, 3.8) is 0 Å². The third kappa shape index (κ3) is 4.50. The summed E-state index contributed by atoms with van der Waals surface area (Å²) < 4.78 is 1.66. The summed E-state index contributed by atoms with van der Waals surface area (Å²) >= 11 is 0. The Balaban J connectivity index is 0.00000156. The summed E-state index contributed by atoms with van der Waals surface area (Å²) in [4.78, 5) is 16.5. The quantitative estimate of drug-likeness (QED) is 0.822. The van der Waals surface area contributed by atoms with Crippen LogP contribution >= 0.6 is 24.8 Å². The lowest BCUT2D eigenvalue weighted by Gasteiger charge is -2.38. The Morgan fingerprint density at radius 2 is 1.80 bits per heavy atom. The van der Waals surface area contributed by atoms with E-state index in [-0.39, 0.29) is 36.1 Å². The van der Waals surface area contributed by atoms with Crippen LogP contribution in [0.2, 0.25) is 0 Å². The summed E-state index contributed by atoms with van der Waals surface area (Å²) in [5, 5.41) is 12.3. The first kappa shape index (κ1) is 21.4. The van der Waals surface area contributed by atoms with Gasteiger partial charge < -0.3 is 15.5 Å². The standard InChI is InChI=1S/C15H23N7O.2ClH/c1-15(2,3)13(16)14(23)21-8-6-20(7-9-21)12-5-4-11-18-17-10-22(11)19-12;;/h4-5,10,13H,6-9,16H2,1-3H3;2*1H/t13-;;/m1../s1. The molecule has 1 saturated heterocycles. The molecule has 1 aliphatic rings. The van der Waals surface area contributed by atoms with Gasteiger partial charge in [-0.05, 0) is 17.5 Å². The predicted octanol–water partition coefficient (Wildman–Crippen LogP) is 0.990. The van der Waals surface area contributed by atoms with Gasteiger partial charge in [-0.25, -0.2) is 0 Å². The van der Waals surface area contributed by atoms with Crippen molar-refractivity contribution in [2.75, 3.05) is 31.1 Å². The van der Waals surface area contributed by atoms with Crippen LogP contribution in [-0.4, -0.2) is 62.8 Å². The minimum atomic E-state index is -0.472. The number of hydrogen-bond donors (Lipinski definition) is 1. The highest BCUT2D eigenvalue weighted by molar-refractivity contribution is 5.85. The lowest BCUT2D eigenvalue weighted by atomic mass is 9.86. The highest BCUT2D eigenvalue weighted by Crippen LogP contribution is 2.20. The molecule has 1 fully saturated rings. The fourth-order valence-electron chi connectivity index (χ4n) is 2.61. The Kier molecular flexibility index (Phi) is 6.99. The number of hydrogen-bond acceptors (Lipinski definition) is 6. The lowest BCUT2D eigenvalue weighted by molar-refractivity contribution is -0.135. The van der Waals surface area contributed by atoms with Gasteiger partial charge in [0.05, 0.1) is 6.04 Å². The molecule has 2 aromatic heterocycles. The van der Waals surface area contributed by atoms with Crippen LogP contribution in [0.25, 0.3) is 5.65 Å². The van der Waals surface area contributed by atoms with Crippen molar-refractivity contribution in [2.45, 2.75) is 26.8 Å². The molecule has 2 aromatic rings. The molecule has 0 bridgehead atoms. The van der Waals surface area contributed by atoms with Crippen LogP contribution in [0, 0.1) is 5.41 Å². The molecule has 0 radical (unpaired) electrons. The maximum absolute atomic E-state index is 12.5. The van der Waals surface area contributed by atoms with Crippen LogP contribution < -0.4 is 10.6 Å². The van der Waals surface area contributed by atoms with E-state index in [0.717, 1.165) is 24.6 Å². The Morgan fingerprint density at radius 3 is 2.40 bits per heavy atom. The van der Waals surface area contributed by atoms with Crippen LogP contribution in [0.5, 0.6) is 0 Å². The highest BCUT2D eigenvalue weighted by atomic mass is 35.5. The Morgan fingerprint density at radius 1 is 1.16 bits per heavy atom. The van der Waals surface area contributed by atoms with Gasteiger partial charge in [0.2, 0.25) is 5.91 Å². The summed E-state index contributed by atoms with van der Waals surface area (Å²) in [5.41, 5.74) is 6.58. The van der Waals surface area contributed by atoms with E-state index < -0.39 is 6.04 Å². The monoisotopic (exact) mass is 389 g/mol. The van der Waals surface area contributed by atoms with E-state index in [9.17, 15) is 4.79 Å². The molecule has 10 heteroatoms. The number of amides is 1. The topological polar surface area (TPSA) is 92.7 Å². The van der Waals surface area contributed by atoms with Crippen molar-refractivity contribution in [1.82, 2.24) is 24.7 Å². The van der Waals surface area contributed by atoms with Crippen molar-refractivity contribution in [3.05, 3.63) is 18.5 Å². The van der Waals surface area contributed by atoms with E-state index in [1.165, 1.54) is 0 Å². The molecule has 0 spiro atoms. The SMILES string of the molecule is CC(C)(C)[C@H](N)C(=O)N1CCN(c2ccc3nncn3n2)CC1.Cl.Cl. The van der Waals surface area contributed by atoms with Gasteiger partial charge in [-0.3, -0.25) is 4.79 Å². The number of rotatable bonds is 2. The van der Waals surface area contributed by atoms with E-state index in [4.69, 9.17) is 5.73 Å². The molecule has 3 heterocycles. The first-order valence-corrected chi connectivity index (χ1v) is 7.82. The summed E-state index contributed by atoms with van der Waals surface area (Å²) in [6, 6.07) is 3.35. The largest absolute Gasteiger partial charge is 0.352 e. The minimum absolute atomic E-state index is 0. The molecule has 0 saturated carbocycles. The molecular formula is C15H25Cl2N7O. The Bertz CT molecular complexity index is 707. The smallest absolute Gasteiger partial charge is 0.240 e. The van der Waals surface area contributed by atoms with Crippen molar-refractivity contribution in [1.29, 1.82) is 0 Å². The van der Waals surface area contributed by atoms with Gasteiger partial charge >= 0.3 is 0 Å². The number of anilines is 1. The number of halogens is 2. The van der Waals surface area contributed by atoms with Gasteiger partial charge in [-0.1, -0.05) is 20.8 Å². The minimum Gasteiger partial charge on any atom is -0.352 e. The summed E-state index contributed by atoms with van der Waals surface area (Å²) in [6.07, 6.45) is 1.58. The average molecular weight is 390 g/mol. The third-order valence-corrected chi connectivity index (χ3v) is 4.26. The van der Waals surface area contributed by atoms with Gasteiger partial charge in [-0.2, -0.15) is 4.52 Å².